The van der Waals surface area contributed by atoms with Crippen LogP contribution in [-0.2, 0) is 12.4 Å². The lowest BCUT2D eigenvalue weighted by atomic mass is 9.92. The van der Waals surface area contributed by atoms with Crippen molar-refractivity contribution in [2.75, 3.05) is 0 Å². The maximum Gasteiger partial charge on any atom is 0.417 e. The van der Waals surface area contributed by atoms with Gasteiger partial charge in [-0.1, -0.05) is 78.9 Å². The van der Waals surface area contributed by atoms with Crippen molar-refractivity contribution in [2.24, 2.45) is 0 Å². The normalized spacial score (nSPS) is 11.6. The van der Waals surface area contributed by atoms with E-state index in [4.69, 9.17) is 0 Å². The maximum atomic E-state index is 15.3. The van der Waals surface area contributed by atoms with Crippen molar-refractivity contribution in [2.45, 2.75) is 12.4 Å². The molecular formula is C67H33F6N7. The van der Waals surface area contributed by atoms with Gasteiger partial charge in [0.1, 0.15) is 0 Å². The summed E-state index contributed by atoms with van der Waals surface area (Å²) in [7, 11) is 0. The van der Waals surface area contributed by atoms with Crippen molar-refractivity contribution in [3.05, 3.63) is 239 Å². The lowest BCUT2D eigenvalue weighted by Crippen LogP contribution is -2.13. The van der Waals surface area contributed by atoms with E-state index < -0.39 is 29.0 Å². The summed E-state index contributed by atoms with van der Waals surface area (Å²) in [5.41, 5.74) is 7.08. The highest BCUT2D eigenvalue weighted by Gasteiger charge is 2.39. The van der Waals surface area contributed by atoms with Crippen LogP contribution in [0.25, 0.3) is 111 Å². The zero-order valence-electron chi connectivity index (χ0n) is 41.5. The first-order valence-electron chi connectivity index (χ1n) is 24.7. The van der Waals surface area contributed by atoms with Crippen molar-refractivity contribution >= 4 is 43.6 Å². The number of hydrogen-bond acceptors (Lipinski definition) is 5. The van der Waals surface area contributed by atoms with E-state index in [1.54, 1.807) is 48.5 Å². The number of hydrogen-bond donors (Lipinski definition) is 0. The average Bonchev–Trinajstić information content (AvgIpc) is 4.09. The molecule has 0 atom stereocenters. The first kappa shape index (κ1) is 49.7. The molecule has 0 saturated carbocycles. The summed E-state index contributed by atoms with van der Waals surface area (Å²) in [5.74, 6) is 0. The number of fused-ring (bicyclic) bond motifs is 6. The molecule has 0 fully saturated rings. The van der Waals surface area contributed by atoms with Crippen LogP contribution in [0.5, 0.6) is 0 Å². The predicted molar refractivity (Wildman–Crippen MR) is 296 cm³/mol. The molecule has 12 rings (SSSR count). The van der Waals surface area contributed by atoms with Gasteiger partial charge in [0, 0.05) is 27.1 Å². The van der Waals surface area contributed by atoms with E-state index in [1.807, 2.05) is 130 Å². The highest BCUT2D eigenvalue weighted by Crippen LogP contribution is 2.47. The molecule has 2 heterocycles. The summed E-state index contributed by atoms with van der Waals surface area (Å²) in [6.45, 7) is 0. The zero-order chi connectivity index (χ0) is 55.6. The van der Waals surface area contributed by atoms with E-state index in [0.717, 1.165) is 61.3 Å². The fraction of sp³-hybridized carbons (Fsp3) is 0.0299. The van der Waals surface area contributed by atoms with Gasteiger partial charge in [0.25, 0.3) is 0 Å². The van der Waals surface area contributed by atoms with E-state index >= 15 is 13.2 Å². The Morgan fingerprint density at radius 3 is 0.887 bits per heavy atom. The molecule has 0 aliphatic rings. The number of alkyl halides is 6. The number of nitriles is 5. The summed E-state index contributed by atoms with van der Waals surface area (Å²) >= 11 is 0. The molecule has 12 aromatic rings. The minimum Gasteiger partial charge on any atom is -0.307 e. The quantitative estimate of drug-likeness (QED) is 0.147. The van der Waals surface area contributed by atoms with Crippen LogP contribution >= 0.6 is 0 Å². The van der Waals surface area contributed by atoms with Crippen LogP contribution in [0.15, 0.2) is 200 Å². The van der Waals surface area contributed by atoms with Crippen LogP contribution in [0, 0.1) is 56.7 Å². The van der Waals surface area contributed by atoms with Gasteiger partial charge in [-0.05, 0) is 171 Å². The lowest BCUT2D eigenvalue weighted by molar-refractivity contribution is -0.142. The van der Waals surface area contributed by atoms with Gasteiger partial charge in [0.2, 0.25) is 0 Å². The van der Waals surface area contributed by atoms with Crippen molar-refractivity contribution in [1.29, 1.82) is 26.3 Å². The van der Waals surface area contributed by atoms with Crippen molar-refractivity contribution in [1.82, 2.24) is 9.13 Å². The second kappa shape index (κ2) is 19.1. The smallest absolute Gasteiger partial charge is 0.307 e. The highest BCUT2D eigenvalue weighted by atomic mass is 19.4. The molecule has 0 bridgehead atoms. The second-order valence-corrected chi connectivity index (χ2v) is 19.1. The van der Waals surface area contributed by atoms with Crippen LogP contribution in [0.3, 0.4) is 0 Å². The lowest BCUT2D eigenvalue weighted by Gasteiger charge is -2.21. The third-order valence-corrected chi connectivity index (χ3v) is 14.6. The Morgan fingerprint density at radius 2 is 0.600 bits per heavy atom. The van der Waals surface area contributed by atoms with E-state index in [0.29, 0.717) is 66.8 Å². The highest BCUT2D eigenvalue weighted by molar-refractivity contribution is 6.14. The number of benzene rings is 10. The molecule has 80 heavy (non-hydrogen) atoms. The Kier molecular flexibility index (Phi) is 11.9. The Bertz CT molecular complexity index is 4530. The third-order valence-electron chi connectivity index (χ3n) is 14.6. The molecule has 10 aromatic carbocycles. The Morgan fingerprint density at radius 1 is 0.287 bits per heavy atom. The summed E-state index contributed by atoms with van der Waals surface area (Å²) in [6.07, 6.45) is -10.4. The first-order valence-corrected chi connectivity index (χ1v) is 24.7. The summed E-state index contributed by atoms with van der Waals surface area (Å²) < 4.78 is 92.3. The topological polar surface area (TPSA) is 129 Å². The van der Waals surface area contributed by atoms with Gasteiger partial charge in [-0.3, -0.25) is 0 Å². The van der Waals surface area contributed by atoms with E-state index in [-0.39, 0.29) is 22.9 Å². The Labute approximate surface area is 452 Å². The van der Waals surface area contributed by atoms with E-state index in [9.17, 15) is 39.5 Å². The number of halogens is 6. The molecule has 0 radical (unpaired) electrons. The monoisotopic (exact) mass is 1050 g/mol. The standard InChI is InChI=1S/C67H33F6N7/c68-66(69,70)52-21-22-53(59(32-52)67(71,72)73)54-33-65(80-62-25-19-49(45-13-5-41(36-76)6-14-45)29-57(62)58-30-50(20-26-63(58)80)46-15-7-42(37-77)8-16-46)64(31-51(54)38-78)79-60-23-17-47(43-9-1-39(34-74)2-10-43)27-55(60)56-28-48(18-24-61(56)79)44-11-3-40(35-75)4-12-44/h1-33H. The fourth-order valence-electron chi connectivity index (χ4n) is 10.7. The summed E-state index contributed by atoms with van der Waals surface area (Å²) in [4.78, 5) is 0. The van der Waals surface area contributed by atoms with Crippen molar-refractivity contribution < 1.29 is 26.3 Å². The van der Waals surface area contributed by atoms with Gasteiger partial charge in [-0.2, -0.15) is 52.7 Å². The number of rotatable bonds is 7. The molecular weight excluding hydrogens is 1020 g/mol. The Hall–Kier alpha value is -11.2. The molecule has 0 unspecified atom stereocenters. The van der Waals surface area contributed by atoms with Gasteiger partial charge in [-0.15, -0.1) is 0 Å². The van der Waals surface area contributed by atoms with Crippen molar-refractivity contribution in [3.63, 3.8) is 0 Å². The third kappa shape index (κ3) is 8.57. The minimum atomic E-state index is -5.29. The molecule has 0 aliphatic heterocycles. The molecule has 378 valence electrons. The average molecular weight is 1050 g/mol. The van der Waals surface area contributed by atoms with Gasteiger partial charge >= 0.3 is 12.4 Å². The minimum absolute atomic E-state index is 0.0732. The largest absolute Gasteiger partial charge is 0.417 e. The Balaban J connectivity index is 1.21. The molecule has 2 aromatic heterocycles. The van der Waals surface area contributed by atoms with Crippen LogP contribution in [-0.4, -0.2) is 9.13 Å². The molecule has 0 aliphatic carbocycles. The van der Waals surface area contributed by atoms with Gasteiger partial charge in [0.05, 0.1) is 103 Å². The molecule has 0 spiro atoms. The number of nitrogens with zero attached hydrogens (tertiary/aromatic N) is 7. The summed E-state index contributed by atoms with van der Waals surface area (Å²) in [6, 6.07) is 66.6. The van der Waals surface area contributed by atoms with Crippen LogP contribution < -0.4 is 0 Å². The number of aromatic nitrogens is 2. The molecule has 0 amide bonds. The first-order chi connectivity index (χ1) is 38.7. The van der Waals surface area contributed by atoms with Crippen LogP contribution in [0.1, 0.15) is 38.9 Å². The van der Waals surface area contributed by atoms with Gasteiger partial charge in [-0.25, -0.2) is 0 Å². The van der Waals surface area contributed by atoms with E-state index in [1.165, 1.54) is 12.1 Å². The zero-order valence-corrected chi connectivity index (χ0v) is 41.5. The second-order valence-electron chi connectivity index (χ2n) is 19.1. The molecule has 0 saturated heterocycles. The van der Waals surface area contributed by atoms with Crippen LogP contribution in [0.4, 0.5) is 26.3 Å². The fourth-order valence-corrected chi connectivity index (χ4v) is 10.7. The van der Waals surface area contributed by atoms with Crippen LogP contribution in [0.2, 0.25) is 0 Å². The van der Waals surface area contributed by atoms with Gasteiger partial charge in [0.15, 0.2) is 0 Å². The summed E-state index contributed by atoms with van der Waals surface area (Å²) in [5, 5.41) is 52.4. The molecule has 13 heteroatoms. The molecule has 0 N–H and O–H groups in total. The molecule has 7 nitrogen and oxygen atoms in total. The predicted octanol–water partition coefficient (Wildman–Crippen LogP) is 17.6. The van der Waals surface area contributed by atoms with E-state index in [2.05, 4.69) is 30.3 Å². The maximum absolute atomic E-state index is 15.3. The van der Waals surface area contributed by atoms with Gasteiger partial charge < -0.3 is 9.13 Å². The van der Waals surface area contributed by atoms with Crippen molar-refractivity contribution in [3.8, 4) is 97.4 Å². The SMILES string of the molecule is N#Cc1ccc(-c2ccc3c(c2)c2cc(-c4ccc(C#N)cc4)ccc2n3-c2cc(C#N)c(-c3ccc(C(F)(F)F)cc3C(F)(F)F)cc2-n2c3ccc(-c4ccc(C#N)cc4)cc3c3cc(-c4ccc(C#N)cc4)ccc32)cc1.